The number of nitrogens with one attached hydrogen (secondary N) is 2. The predicted molar refractivity (Wildman–Crippen MR) is 112 cm³/mol. The number of halogens is 1. The standard InChI is InChI=1S/C23H24FN3O2/c1-16(2)29-22-6-4-3-5-20(22)27-19-11-12-21(26-15-19)23(28)25-14-13-17-7-9-18(24)10-8-17/h3-12,15-16,27H,13-14H2,1-2H3,(H,25,28). The van der Waals surface area contributed by atoms with Gasteiger partial charge in [-0.25, -0.2) is 9.37 Å². The number of carbonyl (C=O) groups is 1. The Morgan fingerprint density at radius 1 is 1.07 bits per heavy atom. The van der Waals surface area contributed by atoms with Gasteiger partial charge in [-0.2, -0.15) is 0 Å². The van der Waals surface area contributed by atoms with Crippen LogP contribution in [0.25, 0.3) is 0 Å². The van der Waals surface area contributed by atoms with Gasteiger partial charge in [0.15, 0.2) is 0 Å². The number of hydrogen-bond acceptors (Lipinski definition) is 4. The zero-order valence-electron chi connectivity index (χ0n) is 16.5. The number of nitrogens with zero attached hydrogens (tertiary/aromatic N) is 1. The van der Waals surface area contributed by atoms with Crippen LogP contribution in [0.4, 0.5) is 15.8 Å². The van der Waals surface area contributed by atoms with E-state index in [0.717, 1.165) is 22.7 Å². The first-order valence-electron chi connectivity index (χ1n) is 9.52. The third-order valence-electron chi connectivity index (χ3n) is 4.14. The van der Waals surface area contributed by atoms with Gasteiger partial charge < -0.3 is 15.4 Å². The van der Waals surface area contributed by atoms with Crippen molar-refractivity contribution in [3.63, 3.8) is 0 Å². The number of benzene rings is 2. The summed E-state index contributed by atoms with van der Waals surface area (Å²) < 4.78 is 18.7. The number of pyridine rings is 1. The van der Waals surface area contributed by atoms with Crippen molar-refractivity contribution in [2.75, 3.05) is 11.9 Å². The van der Waals surface area contributed by atoms with Crippen molar-refractivity contribution in [2.45, 2.75) is 26.4 Å². The molecule has 0 spiro atoms. The molecule has 1 aromatic heterocycles. The molecule has 2 N–H and O–H groups in total. The number of anilines is 2. The average molecular weight is 393 g/mol. The summed E-state index contributed by atoms with van der Waals surface area (Å²) in [5, 5.41) is 6.09. The van der Waals surface area contributed by atoms with Crippen molar-refractivity contribution in [1.29, 1.82) is 0 Å². The summed E-state index contributed by atoms with van der Waals surface area (Å²) in [6.45, 7) is 4.40. The molecule has 6 heteroatoms. The number of hydrogen-bond donors (Lipinski definition) is 2. The fourth-order valence-electron chi connectivity index (χ4n) is 2.75. The van der Waals surface area contributed by atoms with Crippen LogP contribution in [0, 0.1) is 5.82 Å². The van der Waals surface area contributed by atoms with Gasteiger partial charge >= 0.3 is 0 Å². The maximum absolute atomic E-state index is 12.9. The summed E-state index contributed by atoms with van der Waals surface area (Å²) in [6.07, 6.45) is 2.30. The fraction of sp³-hybridized carbons (Fsp3) is 0.217. The van der Waals surface area contributed by atoms with E-state index in [-0.39, 0.29) is 17.8 Å². The first kappa shape index (κ1) is 20.3. The molecule has 0 saturated carbocycles. The van der Waals surface area contributed by atoms with Crippen molar-refractivity contribution in [3.8, 4) is 5.75 Å². The molecule has 150 valence electrons. The Labute approximate surface area is 169 Å². The third kappa shape index (κ3) is 6.04. The molecule has 0 aliphatic heterocycles. The lowest BCUT2D eigenvalue weighted by Gasteiger charge is -2.15. The van der Waals surface area contributed by atoms with E-state index in [9.17, 15) is 9.18 Å². The highest BCUT2D eigenvalue weighted by Gasteiger charge is 2.09. The van der Waals surface area contributed by atoms with Gasteiger partial charge in [0.05, 0.1) is 23.7 Å². The molecule has 5 nitrogen and oxygen atoms in total. The quantitative estimate of drug-likeness (QED) is 0.581. The first-order chi connectivity index (χ1) is 14.0. The summed E-state index contributed by atoms with van der Waals surface area (Å²) in [7, 11) is 0. The average Bonchev–Trinajstić information content (AvgIpc) is 2.71. The summed E-state index contributed by atoms with van der Waals surface area (Å²) >= 11 is 0. The molecule has 3 rings (SSSR count). The molecule has 0 fully saturated rings. The number of aromatic nitrogens is 1. The van der Waals surface area contributed by atoms with Crippen LogP contribution in [-0.4, -0.2) is 23.5 Å². The number of rotatable bonds is 8. The number of amides is 1. The second kappa shape index (κ2) is 9.68. The van der Waals surface area contributed by atoms with Gasteiger partial charge in [0, 0.05) is 6.54 Å². The minimum Gasteiger partial charge on any atom is -0.489 e. The van der Waals surface area contributed by atoms with Gasteiger partial charge in [-0.05, 0) is 62.2 Å². The molecule has 0 aliphatic carbocycles. The zero-order valence-corrected chi connectivity index (χ0v) is 16.5. The van der Waals surface area contributed by atoms with Crippen molar-refractivity contribution >= 4 is 17.3 Å². The normalized spacial score (nSPS) is 10.6. The minimum absolute atomic E-state index is 0.0667. The van der Waals surface area contributed by atoms with Gasteiger partial charge in [-0.3, -0.25) is 4.79 Å². The number of ether oxygens (including phenoxy) is 1. The molecule has 0 atom stereocenters. The van der Waals surface area contributed by atoms with Crippen LogP contribution >= 0.6 is 0 Å². The van der Waals surface area contributed by atoms with E-state index in [0.29, 0.717) is 18.7 Å². The minimum atomic E-state index is -0.269. The summed E-state index contributed by atoms with van der Waals surface area (Å²) in [4.78, 5) is 16.5. The van der Waals surface area contributed by atoms with E-state index in [4.69, 9.17) is 4.74 Å². The fourth-order valence-corrected chi connectivity index (χ4v) is 2.75. The van der Waals surface area contributed by atoms with Gasteiger partial charge in [0.2, 0.25) is 0 Å². The van der Waals surface area contributed by atoms with Gasteiger partial charge in [-0.15, -0.1) is 0 Å². The van der Waals surface area contributed by atoms with Crippen LogP contribution in [0.3, 0.4) is 0 Å². The lowest BCUT2D eigenvalue weighted by atomic mass is 10.1. The SMILES string of the molecule is CC(C)Oc1ccccc1Nc1ccc(C(=O)NCCc2ccc(F)cc2)nc1. The van der Waals surface area contributed by atoms with Crippen molar-refractivity contribution in [3.05, 3.63) is 83.9 Å². The van der Waals surface area contributed by atoms with Crippen molar-refractivity contribution in [2.24, 2.45) is 0 Å². The molecule has 0 unspecified atom stereocenters. The van der Waals surface area contributed by atoms with Crippen LogP contribution in [-0.2, 0) is 6.42 Å². The monoisotopic (exact) mass is 393 g/mol. The van der Waals surface area contributed by atoms with E-state index in [2.05, 4.69) is 15.6 Å². The molecule has 0 radical (unpaired) electrons. The van der Waals surface area contributed by atoms with Crippen molar-refractivity contribution in [1.82, 2.24) is 10.3 Å². The van der Waals surface area contributed by atoms with Crippen LogP contribution in [0.15, 0.2) is 66.9 Å². The van der Waals surface area contributed by atoms with Gasteiger partial charge in [0.1, 0.15) is 17.3 Å². The number of carbonyl (C=O) groups excluding carboxylic acids is 1. The molecule has 0 saturated heterocycles. The molecule has 2 aromatic carbocycles. The van der Waals surface area contributed by atoms with Crippen LogP contribution < -0.4 is 15.4 Å². The van der Waals surface area contributed by atoms with Gasteiger partial charge in [-0.1, -0.05) is 24.3 Å². The summed E-state index contributed by atoms with van der Waals surface area (Å²) in [5.41, 5.74) is 2.88. The second-order valence-electron chi connectivity index (χ2n) is 6.85. The summed E-state index contributed by atoms with van der Waals surface area (Å²) in [5.74, 6) is 0.237. The molecule has 3 aromatic rings. The molecular weight excluding hydrogens is 369 g/mol. The van der Waals surface area contributed by atoms with E-state index in [1.54, 1.807) is 30.5 Å². The Morgan fingerprint density at radius 2 is 1.83 bits per heavy atom. The molecule has 1 heterocycles. The van der Waals surface area contributed by atoms with Crippen LogP contribution in [0.5, 0.6) is 5.75 Å². The van der Waals surface area contributed by atoms with Crippen LogP contribution in [0.2, 0.25) is 0 Å². The van der Waals surface area contributed by atoms with Crippen molar-refractivity contribution < 1.29 is 13.9 Å². The van der Waals surface area contributed by atoms with E-state index in [1.165, 1.54) is 12.1 Å². The molecule has 1 amide bonds. The first-order valence-corrected chi connectivity index (χ1v) is 9.52. The lowest BCUT2D eigenvalue weighted by molar-refractivity contribution is 0.0949. The van der Waals surface area contributed by atoms with Gasteiger partial charge in [0.25, 0.3) is 5.91 Å². The molecule has 29 heavy (non-hydrogen) atoms. The van der Waals surface area contributed by atoms with E-state index >= 15 is 0 Å². The van der Waals surface area contributed by atoms with Crippen LogP contribution in [0.1, 0.15) is 29.9 Å². The molecular formula is C23H24FN3O2. The second-order valence-corrected chi connectivity index (χ2v) is 6.85. The Balaban J connectivity index is 1.55. The van der Waals surface area contributed by atoms with E-state index < -0.39 is 0 Å². The maximum Gasteiger partial charge on any atom is 0.269 e. The smallest absolute Gasteiger partial charge is 0.269 e. The third-order valence-corrected chi connectivity index (χ3v) is 4.14. The maximum atomic E-state index is 12.9. The Hall–Kier alpha value is -3.41. The zero-order chi connectivity index (χ0) is 20.6. The summed E-state index contributed by atoms with van der Waals surface area (Å²) in [6, 6.07) is 17.4. The highest BCUT2D eigenvalue weighted by Crippen LogP contribution is 2.28. The Bertz CT molecular complexity index is 941. The molecule has 0 bridgehead atoms. The van der Waals surface area contributed by atoms with E-state index in [1.807, 2.05) is 38.1 Å². The Morgan fingerprint density at radius 3 is 2.52 bits per heavy atom. The number of para-hydroxylation sites is 2. The largest absolute Gasteiger partial charge is 0.489 e. The topological polar surface area (TPSA) is 63.2 Å². The highest BCUT2D eigenvalue weighted by molar-refractivity contribution is 5.92. The Kier molecular flexibility index (Phi) is 6.79. The highest BCUT2D eigenvalue weighted by atomic mass is 19.1. The molecule has 0 aliphatic rings. The lowest BCUT2D eigenvalue weighted by Crippen LogP contribution is -2.26. The predicted octanol–water partition coefficient (Wildman–Crippen LogP) is 4.72.